The molecule has 130 valence electrons. The maximum absolute atomic E-state index is 13.8. The standard InChI is InChI=1S/C17H12F4N2O2/c1-2-23(16(24)17(19,20)21)10-7-8-14-13(9-10)22-15(25-14)11-5-3-4-6-12(11)18/h3-9H,2H2,1H3. The Bertz CT molecular complexity index is 934. The summed E-state index contributed by atoms with van der Waals surface area (Å²) in [5.41, 5.74) is 0.673. The quantitative estimate of drug-likeness (QED) is 0.650. The smallest absolute Gasteiger partial charge is 0.436 e. The fourth-order valence-electron chi connectivity index (χ4n) is 2.43. The normalized spacial score (nSPS) is 11.7. The highest BCUT2D eigenvalue weighted by Crippen LogP contribution is 2.30. The molecule has 0 fully saturated rings. The van der Waals surface area contributed by atoms with E-state index in [9.17, 15) is 22.4 Å². The summed E-state index contributed by atoms with van der Waals surface area (Å²) in [6, 6.07) is 9.88. The Morgan fingerprint density at radius 3 is 2.56 bits per heavy atom. The molecule has 0 atom stereocenters. The highest BCUT2D eigenvalue weighted by atomic mass is 19.4. The average molecular weight is 352 g/mol. The summed E-state index contributed by atoms with van der Waals surface area (Å²) in [6.45, 7) is 1.27. The molecule has 3 aromatic rings. The van der Waals surface area contributed by atoms with Crippen molar-refractivity contribution in [3.05, 3.63) is 48.3 Å². The van der Waals surface area contributed by atoms with Gasteiger partial charge >= 0.3 is 12.1 Å². The number of amides is 1. The summed E-state index contributed by atoms with van der Waals surface area (Å²) >= 11 is 0. The monoisotopic (exact) mass is 352 g/mol. The highest BCUT2D eigenvalue weighted by Gasteiger charge is 2.42. The van der Waals surface area contributed by atoms with E-state index in [4.69, 9.17) is 4.42 Å². The zero-order valence-corrected chi connectivity index (χ0v) is 13.0. The first-order valence-corrected chi connectivity index (χ1v) is 7.35. The van der Waals surface area contributed by atoms with Crippen LogP contribution in [0.5, 0.6) is 0 Å². The van der Waals surface area contributed by atoms with Gasteiger partial charge in [0.25, 0.3) is 0 Å². The lowest BCUT2D eigenvalue weighted by atomic mass is 10.2. The van der Waals surface area contributed by atoms with Gasteiger partial charge in [0.2, 0.25) is 5.89 Å². The number of carbonyl (C=O) groups is 1. The molecule has 2 aromatic carbocycles. The number of carbonyl (C=O) groups excluding carboxylic acids is 1. The number of aromatic nitrogens is 1. The minimum absolute atomic E-state index is 0.00967. The van der Waals surface area contributed by atoms with Gasteiger partial charge in [0, 0.05) is 12.2 Å². The molecule has 0 spiro atoms. The van der Waals surface area contributed by atoms with Crippen molar-refractivity contribution >= 4 is 22.7 Å². The summed E-state index contributed by atoms with van der Waals surface area (Å²) in [5.74, 6) is -2.49. The number of rotatable bonds is 3. The Hall–Kier alpha value is -2.90. The molecule has 0 radical (unpaired) electrons. The molecule has 0 aliphatic heterocycles. The summed E-state index contributed by atoms with van der Waals surface area (Å²) in [6.07, 6.45) is -4.98. The molecular formula is C17H12F4N2O2. The van der Waals surface area contributed by atoms with E-state index in [1.54, 1.807) is 6.07 Å². The second-order valence-electron chi connectivity index (χ2n) is 5.20. The maximum atomic E-state index is 13.8. The maximum Gasteiger partial charge on any atom is 0.471 e. The van der Waals surface area contributed by atoms with Gasteiger partial charge in [-0.05, 0) is 37.3 Å². The van der Waals surface area contributed by atoms with Gasteiger partial charge in [-0.3, -0.25) is 4.79 Å². The van der Waals surface area contributed by atoms with Gasteiger partial charge in [-0.2, -0.15) is 13.2 Å². The van der Waals surface area contributed by atoms with Crippen molar-refractivity contribution in [2.75, 3.05) is 11.4 Å². The van der Waals surface area contributed by atoms with Crippen LogP contribution in [0.15, 0.2) is 46.9 Å². The van der Waals surface area contributed by atoms with Gasteiger partial charge < -0.3 is 9.32 Å². The van der Waals surface area contributed by atoms with Crippen molar-refractivity contribution < 1.29 is 26.8 Å². The minimum atomic E-state index is -4.98. The number of alkyl halides is 3. The van der Waals surface area contributed by atoms with E-state index in [0.29, 0.717) is 4.90 Å². The van der Waals surface area contributed by atoms with Gasteiger partial charge in [0.1, 0.15) is 11.3 Å². The number of oxazole rings is 1. The Morgan fingerprint density at radius 1 is 1.20 bits per heavy atom. The van der Waals surface area contributed by atoms with Crippen molar-refractivity contribution in [1.82, 2.24) is 4.98 Å². The zero-order chi connectivity index (χ0) is 18.2. The van der Waals surface area contributed by atoms with Gasteiger partial charge in [0.05, 0.1) is 5.56 Å². The summed E-state index contributed by atoms with van der Waals surface area (Å²) in [4.78, 5) is 16.2. The third-order valence-corrected chi connectivity index (χ3v) is 3.59. The lowest BCUT2D eigenvalue weighted by molar-refractivity contribution is -0.170. The molecule has 0 bridgehead atoms. The van der Waals surface area contributed by atoms with Crippen LogP contribution in [0.3, 0.4) is 0 Å². The minimum Gasteiger partial charge on any atom is -0.436 e. The van der Waals surface area contributed by atoms with Crippen LogP contribution < -0.4 is 4.90 Å². The van der Waals surface area contributed by atoms with Crippen LogP contribution in [0, 0.1) is 5.82 Å². The molecule has 25 heavy (non-hydrogen) atoms. The first-order valence-electron chi connectivity index (χ1n) is 7.35. The zero-order valence-electron chi connectivity index (χ0n) is 13.0. The molecule has 1 heterocycles. The molecule has 1 amide bonds. The molecule has 0 saturated carbocycles. The second-order valence-corrected chi connectivity index (χ2v) is 5.20. The molecule has 0 unspecified atom stereocenters. The van der Waals surface area contributed by atoms with E-state index in [1.807, 2.05) is 0 Å². The Balaban J connectivity index is 2.03. The molecule has 0 N–H and O–H groups in total. The molecule has 0 aliphatic rings. The van der Waals surface area contributed by atoms with Crippen LogP contribution in [0.1, 0.15) is 6.92 Å². The van der Waals surface area contributed by atoms with E-state index in [0.717, 1.165) is 0 Å². The van der Waals surface area contributed by atoms with Crippen molar-refractivity contribution in [1.29, 1.82) is 0 Å². The van der Waals surface area contributed by atoms with Crippen LogP contribution in [-0.4, -0.2) is 23.6 Å². The Labute approximate surface area is 139 Å². The van der Waals surface area contributed by atoms with Crippen molar-refractivity contribution in [3.8, 4) is 11.5 Å². The number of fused-ring (bicyclic) bond motifs is 1. The fourth-order valence-corrected chi connectivity index (χ4v) is 2.43. The van der Waals surface area contributed by atoms with Crippen LogP contribution in [0.4, 0.5) is 23.2 Å². The summed E-state index contributed by atoms with van der Waals surface area (Å²) in [7, 11) is 0. The van der Waals surface area contributed by atoms with E-state index in [-0.39, 0.29) is 34.8 Å². The van der Waals surface area contributed by atoms with Gasteiger partial charge in [-0.1, -0.05) is 12.1 Å². The highest BCUT2D eigenvalue weighted by molar-refractivity contribution is 5.98. The molecule has 3 rings (SSSR count). The van der Waals surface area contributed by atoms with Gasteiger partial charge in [-0.25, -0.2) is 9.37 Å². The third kappa shape index (κ3) is 3.19. The predicted octanol–water partition coefficient (Wildman–Crippen LogP) is 4.55. The van der Waals surface area contributed by atoms with Gasteiger partial charge in [-0.15, -0.1) is 0 Å². The molecule has 4 nitrogen and oxygen atoms in total. The van der Waals surface area contributed by atoms with Crippen LogP contribution in [0.2, 0.25) is 0 Å². The summed E-state index contributed by atoms with van der Waals surface area (Å²) < 4.78 is 57.3. The van der Waals surface area contributed by atoms with Crippen LogP contribution in [0.25, 0.3) is 22.6 Å². The first-order chi connectivity index (χ1) is 11.8. The molecule has 0 aliphatic carbocycles. The second kappa shape index (κ2) is 6.19. The van der Waals surface area contributed by atoms with Gasteiger partial charge in [0.15, 0.2) is 5.58 Å². The summed E-state index contributed by atoms with van der Waals surface area (Å²) in [5, 5.41) is 0. The van der Waals surface area contributed by atoms with E-state index in [2.05, 4.69) is 4.98 Å². The Morgan fingerprint density at radius 2 is 1.92 bits per heavy atom. The average Bonchev–Trinajstić information content (AvgIpc) is 2.98. The lowest BCUT2D eigenvalue weighted by Crippen LogP contribution is -2.41. The number of halogens is 4. The molecule has 1 aromatic heterocycles. The number of hydrogen-bond acceptors (Lipinski definition) is 3. The third-order valence-electron chi connectivity index (χ3n) is 3.59. The molecule has 0 saturated heterocycles. The molecular weight excluding hydrogens is 340 g/mol. The SMILES string of the molecule is CCN(C(=O)C(F)(F)F)c1ccc2oc(-c3ccccc3F)nc2c1. The fraction of sp³-hybridized carbons (Fsp3) is 0.176. The van der Waals surface area contributed by atoms with E-state index >= 15 is 0 Å². The number of hydrogen-bond donors (Lipinski definition) is 0. The van der Waals surface area contributed by atoms with Crippen molar-refractivity contribution in [3.63, 3.8) is 0 Å². The first kappa shape index (κ1) is 16.9. The number of nitrogens with zero attached hydrogens (tertiary/aromatic N) is 2. The predicted molar refractivity (Wildman–Crippen MR) is 83.5 cm³/mol. The van der Waals surface area contributed by atoms with Crippen LogP contribution in [-0.2, 0) is 4.79 Å². The van der Waals surface area contributed by atoms with Crippen LogP contribution >= 0.6 is 0 Å². The van der Waals surface area contributed by atoms with Crippen molar-refractivity contribution in [2.24, 2.45) is 0 Å². The van der Waals surface area contributed by atoms with Crippen molar-refractivity contribution in [2.45, 2.75) is 13.1 Å². The Kier molecular flexibility index (Phi) is 4.20. The van der Waals surface area contributed by atoms with E-state index in [1.165, 1.54) is 43.3 Å². The lowest BCUT2D eigenvalue weighted by Gasteiger charge is -2.21. The van der Waals surface area contributed by atoms with E-state index < -0.39 is 17.9 Å². The number of anilines is 1. The topological polar surface area (TPSA) is 46.3 Å². The largest absolute Gasteiger partial charge is 0.471 e. The molecule has 8 heteroatoms. The number of benzene rings is 2.